The smallest absolute Gasteiger partial charge is 0.228 e. The van der Waals surface area contributed by atoms with Crippen LogP contribution in [0.3, 0.4) is 0 Å². The number of carbonyl (C=O) groups is 2. The van der Waals surface area contributed by atoms with Crippen LogP contribution in [-0.4, -0.2) is 41.2 Å². The molecule has 1 atom stereocenters. The fourth-order valence-electron chi connectivity index (χ4n) is 2.26. The number of amides is 1. The standard InChI is InChI=1S/C22H33NO4/c1-6-16(2)12-18(4)13-17(3)8-7-9-19(5)21(26)14-22(27)23-20(15-25)10-11-24/h6-9,12-13,20,24-25H,10-11,14-15H2,1-5H3,(H,23,27)/b8-7+,16-6-,17-13+,18-12+,19-9+. The van der Waals surface area contributed by atoms with E-state index in [-0.39, 0.29) is 31.8 Å². The highest BCUT2D eigenvalue weighted by molar-refractivity contribution is 6.06. The maximum absolute atomic E-state index is 12.1. The fourth-order valence-corrected chi connectivity index (χ4v) is 2.26. The predicted molar refractivity (Wildman–Crippen MR) is 110 cm³/mol. The van der Waals surface area contributed by atoms with Gasteiger partial charge >= 0.3 is 0 Å². The van der Waals surface area contributed by atoms with Gasteiger partial charge in [0, 0.05) is 6.61 Å². The van der Waals surface area contributed by atoms with E-state index in [9.17, 15) is 9.59 Å². The summed E-state index contributed by atoms with van der Waals surface area (Å²) in [4.78, 5) is 23.9. The molecule has 0 aromatic rings. The molecular formula is C22H33NO4. The van der Waals surface area contributed by atoms with Crippen LogP contribution in [0.1, 0.15) is 47.5 Å². The molecule has 0 spiro atoms. The van der Waals surface area contributed by atoms with Crippen molar-refractivity contribution in [3.63, 3.8) is 0 Å². The quantitative estimate of drug-likeness (QED) is 0.294. The number of rotatable bonds is 11. The number of ketones is 1. The molecule has 27 heavy (non-hydrogen) atoms. The van der Waals surface area contributed by atoms with E-state index >= 15 is 0 Å². The van der Waals surface area contributed by atoms with E-state index in [1.54, 1.807) is 19.1 Å². The maximum atomic E-state index is 12.1. The minimum atomic E-state index is -0.533. The Morgan fingerprint density at radius 3 is 2.19 bits per heavy atom. The Morgan fingerprint density at radius 1 is 1.00 bits per heavy atom. The second-order valence-electron chi connectivity index (χ2n) is 6.58. The largest absolute Gasteiger partial charge is 0.396 e. The Hall–Kier alpha value is -2.24. The van der Waals surface area contributed by atoms with Crippen molar-refractivity contribution in [2.75, 3.05) is 13.2 Å². The molecule has 0 saturated heterocycles. The van der Waals surface area contributed by atoms with Crippen LogP contribution >= 0.6 is 0 Å². The number of carbonyl (C=O) groups excluding carboxylic acids is 2. The minimum absolute atomic E-state index is 0.140. The number of Topliss-reactive ketones (excluding diaryl/α,β-unsaturated/α-hetero) is 1. The molecular weight excluding hydrogens is 342 g/mol. The van der Waals surface area contributed by atoms with Gasteiger partial charge in [0.25, 0.3) is 0 Å². The van der Waals surface area contributed by atoms with Crippen LogP contribution in [0.2, 0.25) is 0 Å². The summed E-state index contributed by atoms with van der Waals surface area (Å²) in [5.41, 5.74) is 3.87. The molecule has 0 heterocycles. The van der Waals surface area contributed by atoms with Crippen molar-refractivity contribution < 1.29 is 19.8 Å². The molecule has 0 aliphatic heterocycles. The molecule has 5 nitrogen and oxygen atoms in total. The number of aliphatic hydroxyl groups excluding tert-OH is 2. The van der Waals surface area contributed by atoms with E-state index in [1.807, 2.05) is 39.8 Å². The topological polar surface area (TPSA) is 86.6 Å². The first-order valence-electron chi connectivity index (χ1n) is 9.12. The zero-order valence-electron chi connectivity index (χ0n) is 17.1. The van der Waals surface area contributed by atoms with Gasteiger partial charge in [0.2, 0.25) is 5.91 Å². The summed E-state index contributed by atoms with van der Waals surface area (Å²) in [5, 5.41) is 20.5. The van der Waals surface area contributed by atoms with Crippen LogP contribution in [-0.2, 0) is 9.59 Å². The summed E-state index contributed by atoms with van der Waals surface area (Å²) >= 11 is 0. The second-order valence-corrected chi connectivity index (χ2v) is 6.58. The molecule has 0 aromatic carbocycles. The summed E-state index contributed by atoms with van der Waals surface area (Å²) < 4.78 is 0. The third kappa shape index (κ3) is 11.9. The maximum Gasteiger partial charge on any atom is 0.228 e. The van der Waals surface area contributed by atoms with Crippen LogP contribution in [0.5, 0.6) is 0 Å². The van der Waals surface area contributed by atoms with E-state index in [4.69, 9.17) is 10.2 Å². The van der Waals surface area contributed by atoms with Gasteiger partial charge in [-0.3, -0.25) is 9.59 Å². The Labute approximate surface area is 162 Å². The fraction of sp³-hybridized carbons (Fsp3) is 0.455. The molecule has 5 heteroatoms. The van der Waals surface area contributed by atoms with Gasteiger partial charge in [-0.15, -0.1) is 0 Å². The average Bonchev–Trinajstić information content (AvgIpc) is 2.60. The lowest BCUT2D eigenvalue weighted by Gasteiger charge is -2.14. The first-order chi connectivity index (χ1) is 12.7. The lowest BCUT2D eigenvalue weighted by Crippen LogP contribution is -2.39. The van der Waals surface area contributed by atoms with Crippen molar-refractivity contribution in [2.24, 2.45) is 0 Å². The molecule has 0 aliphatic carbocycles. The molecule has 0 rings (SSSR count). The molecule has 0 fully saturated rings. The highest BCUT2D eigenvalue weighted by Gasteiger charge is 2.14. The normalized spacial score (nSPS) is 15.2. The summed E-state index contributed by atoms with van der Waals surface area (Å²) in [6.45, 7) is 9.30. The van der Waals surface area contributed by atoms with E-state index < -0.39 is 11.9 Å². The number of allylic oxidation sites excluding steroid dienone is 10. The Balaban J connectivity index is 4.75. The Bertz CT molecular complexity index is 651. The van der Waals surface area contributed by atoms with Gasteiger partial charge in [0.05, 0.1) is 19.1 Å². The van der Waals surface area contributed by atoms with Crippen molar-refractivity contribution in [2.45, 2.75) is 53.5 Å². The molecule has 150 valence electrons. The van der Waals surface area contributed by atoms with Crippen LogP contribution in [0.25, 0.3) is 0 Å². The third-order valence-electron chi connectivity index (χ3n) is 3.90. The number of aliphatic hydroxyl groups is 2. The van der Waals surface area contributed by atoms with Crippen molar-refractivity contribution in [1.29, 1.82) is 0 Å². The van der Waals surface area contributed by atoms with Crippen molar-refractivity contribution in [3.05, 3.63) is 58.7 Å². The van der Waals surface area contributed by atoms with Gasteiger partial charge in [-0.25, -0.2) is 0 Å². The molecule has 0 saturated carbocycles. The van der Waals surface area contributed by atoms with Gasteiger partial charge in [0.1, 0.15) is 0 Å². The highest BCUT2D eigenvalue weighted by Crippen LogP contribution is 2.08. The van der Waals surface area contributed by atoms with Gasteiger partial charge in [-0.2, -0.15) is 0 Å². The van der Waals surface area contributed by atoms with Crippen LogP contribution < -0.4 is 5.32 Å². The van der Waals surface area contributed by atoms with E-state index in [0.717, 1.165) is 11.1 Å². The lowest BCUT2D eigenvalue weighted by molar-refractivity contribution is -0.127. The second kappa shape index (κ2) is 13.9. The molecule has 3 N–H and O–H groups in total. The molecule has 0 bridgehead atoms. The SMILES string of the molecule is C\C=C(C)/C=C(C)/C=C(C)/C=C/C=C(\C)C(=O)CC(=O)NC(CO)CCO. The molecule has 0 aliphatic rings. The van der Waals surface area contributed by atoms with E-state index in [1.165, 1.54) is 5.57 Å². The molecule has 0 aromatic heterocycles. The van der Waals surface area contributed by atoms with Gasteiger partial charge < -0.3 is 15.5 Å². The average molecular weight is 376 g/mol. The Morgan fingerprint density at radius 2 is 1.63 bits per heavy atom. The van der Waals surface area contributed by atoms with Gasteiger partial charge in [-0.05, 0) is 46.6 Å². The van der Waals surface area contributed by atoms with Crippen LogP contribution in [0, 0.1) is 0 Å². The molecule has 0 radical (unpaired) electrons. The number of nitrogens with one attached hydrogen (secondary N) is 1. The zero-order chi connectivity index (χ0) is 20.8. The monoisotopic (exact) mass is 375 g/mol. The number of hydrogen-bond donors (Lipinski definition) is 3. The zero-order valence-corrected chi connectivity index (χ0v) is 17.1. The lowest BCUT2D eigenvalue weighted by atomic mass is 10.1. The van der Waals surface area contributed by atoms with Crippen molar-refractivity contribution >= 4 is 11.7 Å². The Kier molecular flexibility index (Phi) is 12.7. The van der Waals surface area contributed by atoms with Crippen LogP contribution in [0.15, 0.2) is 58.7 Å². The van der Waals surface area contributed by atoms with Crippen molar-refractivity contribution in [3.8, 4) is 0 Å². The summed E-state index contributed by atoms with van der Waals surface area (Å²) in [6, 6.07) is -0.533. The molecule has 1 unspecified atom stereocenters. The number of hydrogen-bond acceptors (Lipinski definition) is 4. The highest BCUT2D eigenvalue weighted by atomic mass is 16.3. The summed E-state index contributed by atoms with van der Waals surface area (Å²) in [6.07, 6.45) is 11.5. The van der Waals surface area contributed by atoms with Gasteiger partial charge in [0.15, 0.2) is 5.78 Å². The first kappa shape index (κ1) is 24.8. The third-order valence-corrected chi connectivity index (χ3v) is 3.90. The van der Waals surface area contributed by atoms with Crippen LogP contribution in [0.4, 0.5) is 0 Å². The summed E-state index contributed by atoms with van der Waals surface area (Å²) in [5.74, 6) is -0.736. The summed E-state index contributed by atoms with van der Waals surface area (Å²) in [7, 11) is 0. The van der Waals surface area contributed by atoms with E-state index in [2.05, 4.69) is 17.5 Å². The van der Waals surface area contributed by atoms with Crippen molar-refractivity contribution in [1.82, 2.24) is 5.32 Å². The minimum Gasteiger partial charge on any atom is -0.396 e. The predicted octanol–water partition coefficient (Wildman–Crippen LogP) is 3.17. The van der Waals surface area contributed by atoms with Gasteiger partial charge in [-0.1, -0.05) is 53.2 Å². The first-order valence-corrected chi connectivity index (χ1v) is 9.12. The van der Waals surface area contributed by atoms with E-state index in [0.29, 0.717) is 5.57 Å². The molecule has 1 amide bonds.